The Morgan fingerprint density at radius 1 is 1.54 bits per heavy atom. The van der Waals surface area contributed by atoms with Crippen molar-refractivity contribution >= 4 is 5.97 Å². The summed E-state index contributed by atoms with van der Waals surface area (Å²) in [6.07, 6.45) is 0. The second-order valence-corrected chi connectivity index (χ2v) is 3.03. The van der Waals surface area contributed by atoms with E-state index in [0.717, 1.165) is 5.56 Å². The summed E-state index contributed by atoms with van der Waals surface area (Å²) in [6, 6.07) is 6.70. The third kappa shape index (κ3) is 2.87. The Hall–Kier alpha value is -1.35. The minimum Gasteiger partial charge on any atom is -0.425 e. The maximum absolute atomic E-state index is 11.1. The molecular weight excluding hydrogens is 166 g/mol. The number of benzene rings is 1. The van der Waals surface area contributed by atoms with Crippen molar-refractivity contribution < 1.29 is 9.53 Å². The fourth-order valence-electron chi connectivity index (χ4n) is 0.888. The summed E-state index contributed by atoms with van der Waals surface area (Å²) in [5, 5.41) is 0. The van der Waals surface area contributed by atoms with E-state index in [1.165, 1.54) is 0 Å². The highest BCUT2D eigenvalue weighted by atomic mass is 16.5. The van der Waals surface area contributed by atoms with Gasteiger partial charge in [-0.25, -0.2) is 4.79 Å². The molecule has 0 spiro atoms. The van der Waals surface area contributed by atoms with E-state index >= 15 is 0 Å². The number of hydrogen-bond donors (Lipinski definition) is 1. The van der Waals surface area contributed by atoms with Gasteiger partial charge in [-0.1, -0.05) is 12.1 Å². The Kier molecular flexibility index (Phi) is 3.03. The Morgan fingerprint density at radius 3 is 2.77 bits per heavy atom. The molecule has 1 aromatic carbocycles. The predicted octanol–water partition coefficient (Wildman–Crippen LogP) is 1.25. The van der Waals surface area contributed by atoms with Gasteiger partial charge in [0.2, 0.25) is 0 Å². The van der Waals surface area contributed by atoms with Crippen LogP contribution in [0.3, 0.4) is 0 Å². The molecule has 3 heteroatoms. The van der Waals surface area contributed by atoms with Crippen molar-refractivity contribution in [1.29, 1.82) is 0 Å². The average Bonchev–Trinajstić information content (AvgIpc) is 2.04. The van der Waals surface area contributed by atoms with E-state index in [0.29, 0.717) is 5.75 Å². The van der Waals surface area contributed by atoms with E-state index in [1.54, 1.807) is 19.1 Å². The lowest BCUT2D eigenvalue weighted by atomic mass is 10.2. The molecule has 0 radical (unpaired) electrons. The van der Waals surface area contributed by atoms with Crippen LogP contribution in [0.4, 0.5) is 0 Å². The summed E-state index contributed by atoms with van der Waals surface area (Å²) in [7, 11) is 0. The zero-order chi connectivity index (χ0) is 9.84. The van der Waals surface area contributed by atoms with E-state index in [2.05, 4.69) is 0 Å². The van der Waals surface area contributed by atoms with Crippen LogP contribution >= 0.6 is 0 Å². The van der Waals surface area contributed by atoms with Crippen molar-refractivity contribution in [3.05, 3.63) is 29.8 Å². The van der Waals surface area contributed by atoms with Gasteiger partial charge in [0, 0.05) is 0 Å². The number of nitrogens with two attached hydrogens (primary N) is 1. The van der Waals surface area contributed by atoms with Gasteiger partial charge in [0.05, 0.1) is 0 Å². The molecule has 1 atom stereocenters. The predicted molar refractivity (Wildman–Crippen MR) is 50.5 cm³/mol. The van der Waals surface area contributed by atoms with Crippen LogP contribution in [0.5, 0.6) is 5.75 Å². The topological polar surface area (TPSA) is 52.3 Å². The summed E-state index contributed by atoms with van der Waals surface area (Å²) < 4.78 is 4.99. The van der Waals surface area contributed by atoms with Crippen molar-refractivity contribution in [3.8, 4) is 5.75 Å². The number of carbonyl (C=O) groups is 1. The second-order valence-electron chi connectivity index (χ2n) is 3.03. The highest BCUT2D eigenvalue weighted by Gasteiger charge is 2.09. The molecule has 2 N–H and O–H groups in total. The highest BCUT2D eigenvalue weighted by Crippen LogP contribution is 2.12. The van der Waals surface area contributed by atoms with E-state index < -0.39 is 12.0 Å². The molecule has 70 valence electrons. The Bertz CT molecular complexity index is 308. The molecule has 0 aliphatic heterocycles. The standard InChI is InChI=1S/C10H13NO2/c1-7-4-3-5-9(6-7)13-10(12)8(2)11/h3-6,8H,11H2,1-2H3/t8-/m0/s1. The smallest absolute Gasteiger partial charge is 0.328 e. The van der Waals surface area contributed by atoms with Crippen molar-refractivity contribution in [2.45, 2.75) is 19.9 Å². The van der Waals surface area contributed by atoms with Crippen LogP contribution in [0.25, 0.3) is 0 Å². The second kappa shape index (κ2) is 4.05. The summed E-state index contributed by atoms with van der Waals surface area (Å²) >= 11 is 0. The largest absolute Gasteiger partial charge is 0.425 e. The molecule has 0 bridgehead atoms. The molecule has 0 aliphatic carbocycles. The summed E-state index contributed by atoms with van der Waals surface area (Å²) in [4.78, 5) is 11.1. The SMILES string of the molecule is Cc1cccc(OC(=O)[C@H](C)N)c1. The van der Waals surface area contributed by atoms with Gasteiger partial charge in [-0.05, 0) is 31.5 Å². The third-order valence-electron chi connectivity index (χ3n) is 1.58. The van der Waals surface area contributed by atoms with Gasteiger partial charge in [-0.3, -0.25) is 0 Å². The maximum Gasteiger partial charge on any atom is 0.328 e. The quantitative estimate of drug-likeness (QED) is 0.549. The lowest BCUT2D eigenvalue weighted by molar-refractivity contribution is -0.135. The number of esters is 1. The zero-order valence-corrected chi connectivity index (χ0v) is 7.78. The van der Waals surface area contributed by atoms with Gasteiger partial charge in [0.25, 0.3) is 0 Å². The first kappa shape index (κ1) is 9.74. The van der Waals surface area contributed by atoms with E-state index in [4.69, 9.17) is 10.5 Å². The van der Waals surface area contributed by atoms with Crippen molar-refractivity contribution in [1.82, 2.24) is 0 Å². The first-order valence-corrected chi connectivity index (χ1v) is 4.13. The number of hydrogen-bond acceptors (Lipinski definition) is 3. The molecular formula is C10H13NO2. The molecule has 0 fully saturated rings. The average molecular weight is 179 g/mol. The lowest BCUT2D eigenvalue weighted by Crippen LogP contribution is -2.30. The molecule has 0 saturated carbocycles. The molecule has 0 aromatic heterocycles. The van der Waals surface area contributed by atoms with Crippen LogP contribution in [-0.4, -0.2) is 12.0 Å². The van der Waals surface area contributed by atoms with Gasteiger partial charge >= 0.3 is 5.97 Å². The molecule has 0 amide bonds. The number of ether oxygens (including phenoxy) is 1. The monoisotopic (exact) mass is 179 g/mol. The van der Waals surface area contributed by atoms with Crippen molar-refractivity contribution in [2.24, 2.45) is 5.73 Å². The first-order valence-electron chi connectivity index (χ1n) is 4.13. The summed E-state index contributed by atoms with van der Waals surface area (Å²) in [5.41, 5.74) is 6.40. The van der Waals surface area contributed by atoms with Crippen LogP contribution in [0.1, 0.15) is 12.5 Å². The number of rotatable bonds is 2. The van der Waals surface area contributed by atoms with Gasteiger partial charge in [-0.2, -0.15) is 0 Å². The Morgan fingerprint density at radius 2 is 2.23 bits per heavy atom. The van der Waals surface area contributed by atoms with E-state index in [1.807, 2.05) is 19.1 Å². The molecule has 1 aromatic rings. The Labute approximate surface area is 77.5 Å². The van der Waals surface area contributed by atoms with Gasteiger partial charge in [-0.15, -0.1) is 0 Å². The fraction of sp³-hybridized carbons (Fsp3) is 0.300. The minimum atomic E-state index is -0.583. The summed E-state index contributed by atoms with van der Waals surface area (Å²) in [5.74, 6) is 0.132. The molecule has 3 nitrogen and oxygen atoms in total. The van der Waals surface area contributed by atoms with Gasteiger partial charge < -0.3 is 10.5 Å². The molecule has 0 heterocycles. The molecule has 0 unspecified atom stereocenters. The van der Waals surface area contributed by atoms with Crippen LogP contribution in [-0.2, 0) is 4.79 Å². The number of aryl methyl sites for hydroxylation is 1. The third-order valence-corrected chi connectivity index (χ3v) is 1.58. The molecule has 13 heavy (non-hydrogen) atoms. The number of carbonyl (C=O) groups excluding carboxylic acids is 1. The minimum absolute atomic E-state index is 0.411. The van der Waals surface area contributed by atoms with E-state index in [-0.39, 0.29) is 0 Å². The maximum atomic E-state index is 11.1. The van der Waals surface area contributed by atoms with Crippen molar-refractivity contribution in [2.75, 3.05) is 0 Å². The van der Waals surface area contributed by atoms with Crippen LogP contribution in [0, 0.1) is 6.92 Å². The Balaban J connectivity index is 2.69. The zero-order valence-electron chi connectivity index (χ0n) is 7.78. The lowest BCUT2D eigenvalue weighted by Gasteiger charge is -2.06. The molecule has 0 saturated heterocycles. The van der Waals surface area contributed by atoms with E-state index in [9.17, 15) is 4.79 Å². The van der Waals surface area contributed by atoms with Crippen LogP contribution in [0.15, 0.2) is 24.3 Å². The van der Waals surface area contributed by atoms with Crippen LogP contribution < -0.4 is 10.5 Å². The van der Waals surface area contributed by atoms with Crippen LogP contribution in [0.2, 0.25) is 0 Å². The fourth-order valence-corrected chi connectivity index (χ4v) is 0.888. The molecule has 0 aliphatic rings. The van der Waals surface area contributed by atoms with Crippen molar-refractivity contribution in [3.63, 3.8) is 0 Å². The first-order chi connectivity index (χ1) is 6.09. The van der Waals surface area contributed by atoms with Gasteiger partial charge in [0.15, 0.2) is 0 Å². The summed E-state index contributed by atoms with van der Waals surface area (Å²) in [6.45, 7) is 3.53. The molecule has 1 rings (SSSR count). The highest BCUT2D eigenvalue weighted by molar-refractivity contribution is 5.77. The normalized spacial score (nSPS) is 12.2. The van der Waals surface area contributed by atoms with Gasteiger partial charge in [0.1, 0.15) is 11.8 Å².